The highest BCUT2D eigenvalue weighted by atomic mass is 35.5. The van der Waals surface area contributed by atoms with E-state index in [1.807, 2.05) is 24.3 Å². The van der Waals surface area contributed by atoms with E-state index in [2.05, 4.69) is 0 Å². The molecule has 2 rings (SSSR count). The van der Waals surface area contributed by atoms with E-state index < -0.39 is 0 Å². The molecule has 0 bridgehead atoms. The van der Waals surface area contributed by atoms with Gasteiger partial charge in [0.05, 0.1) is 6.10 Å². The highest BCUT2D eigenvalue weighted by Gasteiger charge is 2.18. The Morgan fingerprint density at radius 1 is 1.23 bits per heavy atom. The maximum absolute atomic E-state index is 5.71. The zero-order chi connectivity index (χ0) is 9.10. The zero-order valence-corrected chi connectivity index (χ0v) is 8.26. The number of hydrogen-bond acceptors (Lipinski definition) is 1. The first-order chi connectivity index (χ1) is 6.38. The van der Waals surface area contributed by atoms with Crippen molar-refractivity contribution in [3.8, 4) is 5.75 Å². The fourth-order valence-electron chi connectivity index (χ4n) is 1.34. The van der Waals surface area contributed by atoms with Crippen LogP contribution in [0.5, 0.6) is 5.75 Å². The van der Waals surface area contributed by atoms with Crippen LogP contribution in [0.1, 0.15) is 24.8 Å². The summed E-state index contributed by atoms with van der Waals surface area (Å²) in [5, 5.41) is 0. The summed E-state index contributed by atoms with van der Waals surface area (Å²) in [5.41, 5.74) is 1.14. The van der Waals surface area contributed by atoms with Gasteiger partial charge in [-0.15, -0.1) is 11.6 Å². The third kappa shape index (κ3) is 2.16. The summed E-state index contributed by atoms with van der Waals surface area (Å²) in [7, 11) is 0. The van der Waals surface area contributed by atoms with Crippen molar-refractivity contribution in [2.75, 3.05) is 0 Å². The Bertz CT molecular complexity index is 264. The molecule has 13 heavy (non-hydrogen) atoms. The van der Waals surface area contributed by atoms with Crippen molar-refractivity contribution >= 4 is 11.6 Å². The summed E-state index contributed by atoms with van der Waals surface area (Å²) in [6.45, 7) is 0. The van der Waals surface area contributed by atoms with Gasteiger partial charge in [0.1, 0.15) is 5.75 Å². The van der Waals surface area contributed by atoms with E-state index in [9.17, 15) is 0 Å². The van der Waals surface area contributed by atoms with Crippen LogP contribution >= 0.6 is 11.6 Å². The van der Waals surface area contributed by atoms with Crippen LogP contribution in [0.4, 0.5) is 0 Å². The van der Waals surface area contributed by atoms with E-state index in [0.717, 1.165) is 11.3 Å². The van der Waals surface area contributed by atoms with Crippen LogP contribution in [0.3, 0.4) is 0 Å². The molecule has 0 unspecified atom stereocenters. The quantitative estimate of drug-likeness (QED) is 0.674. The lowest BCUT2D eigenvalue weighted by molar-refractivity contribution is 0.120. The second-order valence-corrected chi connectivity index (χ2v) is 3.72. The van der Waals surface area contributed by atoms with E-state index >= 15 is 0 Å². The molecule has 0 amide bonds. The topological polar surface area (TPSA) is 9.23 Å². The average molecular weight is 197 g/mol. The first-order valence-corrected chi connectivity index (χ1v) is 5.23. The van der Waals surface area contributed by atoms with Crippen LogP contribution in [0.2, 0.25) is 0 Å². The molecular formula is C11H13ClO. The molecule has 1 aromatic rings. The van der Waals surface area contributed by atoms with Gasteiger partial charge in [-0.3, -0.25) is 0 Å². The fourth-order valence-corrected chi connectivity index (χ4v) is 1.52. The number of ether oxygens (including phenoxy) is 1. The van der Waals surface area contributed by atoms with Gasteiger partial charge in [-0.25, -0.2) is 0 Å². The number of rotatable bonds is 3. The largest absolute Gasteiger partial charge is 0.490 e. The molecule has 0 heterocycles. The molecule has 0 radical (unpaired) electrons. The van der Waals surface area contributed by atoms with Gasteiger partial charge in [0.25, 0.3) is 0 Å². The second-order valence-electron chi connectivity index (χ2n) is 3.45. The van der Waals surface area contributed by atoms with E-state index in [0.29, 0.717) is 12.0 Å². The Labute approximate surface area is 83.7 Å². The van der Waals surface area contributed by atoms with Gasteiger partial charge in [-0.2, -0.15) is 0 Å². The molecule has 1 aromatic carbocycles. The summed E-state index contributed by atoms with van der Waals surface area (Å²) >= 11 is 5.68. The molecule has 0 N–H and O–H groups in total. The van der Waals surface area contributed by atoms with Gasteiger partial charge in [0, 0.05) is 5.88 Å². The summed E-state index contributed by atoms with van der Waals surface area (Å²) < 4.78 is 5.71. The van der Waals surface area contributed by atoms with Crippen molar-refractivity contribution in [3.05, 3.63) is 29.8 Å². The monoisotopic (exact) mass is 196 g/mol. The molecule has 1 nitrogen and oxygen atoms in total. The van der Waals surface area contributed by atoms with Crippen molar-refractivity contribution in [1.29, 1.82) is 0 Å². The third-order valence-corrected chi connectivity index (χ3v) is 2.74. The minimum Gasteiger partial charge on any atom is -0.490 e. The molecule has 0 saturated heterocycles. The Balaban J connectivity index is 1.96. The van der Waals surface area contributed by atoms with Crippen molar-refractivity contribution in [2.24, 2.45) is 0 Å². The standard InChI is InChI=1S/C11H13ClO/c12-8-9-4-6-11(7-5-9)13-10-2-1-3-10/h4-7,10H,1-3,8H2. The van der Waals surface area contributed by atoms with Crippen molar-refractivity contribution in [3.63, 3.8) is 0 Å². The Kier molecular flexibility index (Phi) is 2.74. The summed E-state index contributed by atoms with van der Waals surface area (Å²) in [6, 6.07) is 8.02. The lowest BCUT2D eigenvalue weighted by Crippen LogP contribution is -2.24. The SMILES string of the molecule is ClCc1ccc(OC2CCC2)cc1. The van der Waals surface area contributed by atoms with Gasteiger partial charge in [-0.1, -0.05) is 12.1 Å². The first-order valence-electron chi connectivity index (χ1n) is 4.70. The third-order valence-electron chi connectivity index (χ3n) is 2.43. The van der Waals surface area contributed by atoms with Crippen molar-refractivity contribution in [2.45, 2.75) is 31.2 Å². The number of hydrogen-bond donors (Lipinski definition) is 0. The Morgan fingerprint density at radius 3 is 2.38 bits per heavy atom. The molecule has 0 aliphatic heterocycles. The molecular weight excluding hydrogens is 184 g/mol. The summed E-state index contributed by atoms with van der Waals surface area (Å²) in [4.78, 5) is 0. The Hall–Kier alpha value is -0.690. The average Bonchev–Trinajstić information content (AvgIpc) is 2.12. The highest BCUT2D eigenvalue weighted by molar-refractivity contribution is 6.17. The van der Waals surface area contributed by atoms with Gasteiger partial charge >= 0.3 is 0 Å². The molecule has 2 heteroatoms. The maximum atomic E-state index is 5.71. The summed E-state index contributed by atoms with van der Waals surface area (Å²) in [5.74, 6) is 1.54. The van der Waals surface area contributed by atoms with Crippen LogP contribution in [0, 0.1) is 0 Å². The van der Waals surface area contributed by atoms with Gasteiger partial charge in [-0.05, 0) is 37.0 Å². The minimum absolute atomic E-state index is 0.460. The maximum Gasteiger partial charge on any atom is 0.119 e. The number of alkyl halides is 1. The van der Waals surface area contributed by atoms with Crippen LogP contribution in [0.25, 0.3) is 0 Å². The van der Waals surface area contributed by atoms with Crippen LogP contribution in [0.15, 0.2) is 24.3 Å². The number of benzene rings is 1. The fraction of sp³-hybridized carbons (Fsp3) is 0.455. The van der Waals surface area contributed by atoms with Crippen LogP contribution < -0.4 is 4.74 Å². The van der Waals surface area contributed by atoms with Gasteiger partial charge < -0.3 is 4.74 Å². The normalized spacial score (nSPS) is 16.7. The molecule has 1 fully saturated rings. The first kappa shape index (κ1) is 8.89. The van der Waals surface area contributed by atoms with Crippen molar-refractivity contribution < 1.29 is 4.74 Å². The zero-order valence-electron chi connectivity index (χ0n) is 7.50. The van der Waals surface area contributed by atoms with Gasteiger partial charge in [0.15, 0.2) is 0 Å². The molecule has 1 aliphatic carbocycles. The Morgan fingerprint density at radius 2 is 1.92 bits per heavy atom. The lowest BCUT2D eigenvalue weighted by Gasteiger charge is -2.26. The molecule has 0 spiro atoms. The van der Waals surface area contributed by atoms with Crippen molar-refractivity contribution in [1.82, 2.24) is 0 Å². The van der Waals surface area contributed by atoms with E-state index in [-0.39, 0.29) is 0 Å². The van der Waals surface area contributed by atoms with Crippen LogP contribution in [-0.4, -0.2) is 6.10 Å². The van der Waals surface area contributed by atoms with E-state index in [4.69, 9.17) is 16.3 Å². The summed E-state index contributed by atoms with van der Waals surface area (Å²) in [6.07, 6.45) is 4.18. The molecule has 0 atom stereocenters. The second kappa shape index (κ2) is 4.01. The van der Waals surface area contributed by atoms with E-state index in [1.165, 1.54) is 19.3 Å². The van der Waals surface area contributed by atoms with E-state index in [1.54, 1.807) is 0 Å². The molecule has 0 aromatic heterocycles. The van der Waals surface area contributed by atoms with Gasteiger partial charge in [0.2, 0.25) is 0 Å². The molecule has 1 aliphatic rings. The molecule has 1 saturated carbocycles. The molecule has 70 valence electrons. The lowest BCUT2D eigenvalue weighted by atomic mass is 9.96. The number of halogens is 1. The predicted octanol–water partition coefficient (Wildman–Crippen LogP) is 3.36. The highest BCUT2D eigenvalue weighted by Crippen LogP contribution is 2.25. The smallest absolute Gasteiger partial charge is 0.119 e. The van der Waals surface area contributed by atoms with Crippen LogP contribution in [-0.2, 0) is 5.88 Å². The minimum atomic E-state index is 0.460. The predicted molar refractivity (Wildman–Crippen MR) is 54.3 cm³/mol.